The van der Waals surface area contributed by atoms with Crippen LogP contribution in [0.1, 0.15) is 20.8 Å². The van der Waals surface area contributed by atoms with Crippen LogP contribution in [0, 0.1) is 0 Å². The summed E-state index contributed by atoms with van der Waals surface area (Å²) < 4.78 is 5.33. The predicted molar refractivity (Wildman–Crippen MR) is 31.7 cm³/mol. The Morgan fingerprint density at radius 1 is 1.50 bits per heavy atom. The summed E-state index contributed by atoms with van der Waals surface area (Å²) in [6.07, 6.45) is 0.509. The molecule has 1 aliphatic heterocycles. The monoisotopic (exact) mass is 114 g/mol. The molecule has 46 valence electrons. The molecule has 8 heavy (non-hydrogen) atoms. The highest BCUT2D eigenvalue weighted by atomic mass is 16.5. The van der Waals surface area contributed by atoms with Crippen molar-refractivity contribution in [2.24, 2.45) is 0 Å². The molecule has 0 aromatic rings. The summed E-state index contributed by atoms with van der Waals surface area (Å²) in [6, 6.07) is 0. The number of hydrogen-bond donors (Lipinski definition) is 1. The molecule has 0 unspecified atom stereocenters. The lowest BCUT2D eigenvalue weighted by Crippen LogP contribution is -2.75. The largest absolute Gasteiger partial charge is 0.308 e. The maximum Gasteiger partial charge on any atom is 0.253 e. The molecule has 1 rings (SSSR count). The average Bonchev–Trinajstić information content (AvgIpc) is 1.85. The Bertz CT molecular complexity index is 120. The van der Waals surface area contributed by atoms with Gasteiger partial charge in [-0.2, -0.15) is 0 Å². The average molecular weight is 114 g/mol. The van der Waals surface area contributed by atoms with Gasteiger partial charge in [-0.3, -0.25) is 0 Å². The highest BCUT2D eigenvalue weighted by Crippen LogP contribution is 1.95. The molecule has 2 nitrogen and oxygen atoms in total. The fraction of sp³-hybridized carbons (Fsp3) is 0.833. The van der Waals surface area contributed by atoms with Crippen LogP contribution in [0.5, 0.6) is 0 Å². The first-order valence-electron chi connectivity index (χ1n) is 2.95. The maximum absolute atomic E-state index is 5.33. The lowest BCUT2D eigenvalue weighted by atomic mass is 10.3. The lowest BCUT2D eigenvalue weighted by Gasteiger charge is -1.96. The van der Waals surface area contributed by atoms with Gasteiger partial charge in [-0.25, -0.2) is 4.99 Å². The Labute approximate surface area is 49.6 Å². The van der Waals surface area contributed by atoms with E-state index in [1.807, 2.05) is 20.8 Å². The standard InChI is InChI=1S/C6H11NO/c1-4-5(2)8-6(3)7-4/h5-6H,1-3H3/p+1/t5-,6+/m0/s1. The van der Waals surface area contributed by atoms with E-state index in [2.05, 4.69) is 4.99 Å². The Balaban J connectivity index is 2.59. The molecule has 0 aromatic carbocycles. The van der Waals surface area contributed by atoms with Gasteiger partial charge in [-0.05, 0) is 6.92 Å². The molecule has 1 heterocycles. The van der Waals surface area contributed by atoms with Gasteiger partial charge in [0.2, 0.25) is 0 Å². The van der Waals surface area contributed by atoms with Crippen LogP contribution in [0.4, 0.5) is 0 Å². The van der Waals surface area contributed by atoms with Gasteiger partial charge >= 0.3 is 0 Å². The van der Waals surface area contributed by atoms with Gasteiger partial charge in [0.1, 0.15) is 6.10 Å². The second-order valence-electron chi connectivity index (χ2n) is 2.25. The first-order chi connectivity index (χ1) is 3.70. The molecule has 1 aliphatic rings. The molecule has 0 amide bonds. The van der Waals surface area contributed by atoms with Gasteiger partial charge in [-0.1, -0.05) is 0 Å². The predicted octanol–water partition coefficient (Wildman–Crippen LogP) is -0.707. The third-order valence-electron chi connectivity index (χ3n) is 1.45. The van der Waals surface area contributed by atoms with E-state index in [0.29, 0.717) is 6.10 Å². The summed E-state index contributed by atoms with van der Waals surface area (Å²) >= 11 is 0. The van der Waals surface area contributed by atoms with E-state index in [4.69, 9.17) is 4.74 Å². The van der Waals surface area contributed by atoms with E-state index in [1.165, 1.54) is 5.71 Å². The van der Waals surface area contributed by atoms with Crippen molar-refractivity contribution in [2.45, 2.75) is 33.1 Å². The van der Waals surface area contributed by atoms with Crippen LogP contribution < -0.4 is 4.99 Å². The van der Waals surface area contributed by atoms with E-state index in [-0.39, 0.29) is 6.23 Å². The van der Waals surface area contributed by atoms with E-state index >= 15 is 0 Å². The van der Waals surface area contributed by atoms with E-state index < -0.39 is 0 Å². The molecular weight excluding hydrogens is 102 g/mol. The van der Waals surface area contributed by atoms with Crippen LogP contribution >= 0.6 is 0 Å². The zero-order valence-corrected chi connectivity index (χ0v) is 5.56. The molecule has 0 aromatic heterocycles. The Kier molecular flexibility index (Phi) is 1.34. The molecule has 2 heteroatoms. The summed E-state index contributed by atoms with van der Waals surface area (Å²) in [6.45, 7) is 6.10. The van der Waals surface area contributed by atoms with Gasteiger partial charge in [-0.15, -0.1) is 0 Å². The molecule has 1 N–H and O–H groups in total. The van der Waals surface area contributed by atoms with Crippen LogP contribution in [0.2, 0.25) is 0 Å². The van der Waals surface area contributed by atoms with Crippen LogP contribution in [-0.4, -0.2) is 18.0 Å². The molecule has 2 atom stereocenters. The van der Waals surface area contributed by atoms with Crippen LogP contribution in [-0.2, 0) is 4.74 Å². The van der Waals surface area contributed by atoms with E-state index in [9.17, 15) is 0 Å². The van der Waals surface area contributed by atoms with E-state index in [1.54, 1.807) is 0 Å². The Hall–Kier alpha value is -0.370. The topological polar surface area (TPSA) is 23.2 Å². The zero-order chi connectivity index (χ0) is 6.15. The van der Waals surface area contributed by atoms with Crippen LogP contribution in [0.15, 0.2) is 0 Å². The minimum atomic E-state index is 0.213. The minimum absolute atomic E-state index is 0.213. The Morgan fingerprint density at radius 3 is 2.25 bits per heavy atom. The van der Waals surface area contributed by atoms with Crippen LogP contribution in [0.3, 0.4) is 0 Å². The second-order valence-corrected chi connectivity index (χ2v) is 2.25. The fourth-order valence-electron chi connectivity index (χ4n) is 0.880. The lowest BCUT2D eigenvalue weighted by molar-refractivity contribution is -0.535. The molecule has 0 bridgehead atoms. The normalized spacial score (nSPS) is 37.6. The molecule has 0 saturated carbocycles. The smallest absolute Gasteiger partial charge is 0.253 e. The summed E-state index contributed by atoms with van der Waals surface area (Å²) in [7, 11) is 0. The molecule has 0 saturated heterocycles. The van der Waals surface area contributed by atoms with Gasteiger partial charge in [0.15, 0.2) is 5.71 Å². The van der Waals surface area contributed by atoms with Crippen molar-refractivity contribution in [2.75, 3.05) is 0 Å². The molecule has 0 radical (unpaired) electrons. The fourth-order valence-corrected chi connectivity index (χ4v) is 0.880. The van der Waals surface area contributed by atoms with Gasteiger partial charge < -0.3 is 4.74 Å². The summed E-state index contributed by atoms with van der Waals surface area (Å²) in [5, 5.41) is 0. The summed E-state index contributed by atoms with van der Waals surface area (Å²) in [4.78, 5) is 3.16. The number of nitrogens with one attached hydrogen (secondary N) is 1. The highest BCUT2D eigenvalue weighted by Gasteiger charge is 2.24. The SMILES string of the molecule is CC1=[NH+][C@@H](C)O[C@H]1C. The number of rotatable bonds is 0. The first-order valence-corrected chi connectivity index (χ1v) is 2.95. The van der Waals surface area contributed by atoms with Gasteiger partial charge in [0.25, 0.3) is 6.23 Å². The quantitative estimate of drug-likeness (QED) is 0.442. The van der Waals surface area contributed by atoms with Crippen molar-refractivity contribution >= 4 is 5.71 Å². The highest BCUT2D eigenvalue weighted by molar-refractivity contribution is 5.81. The van der Waals surface area contributed by atoms with Crippen molar-refractivity contribution in [1.29, 1.82) is 0 Å². The number of ether oxygens (including phenoxy) is 1. The minimum Gasteiger partial charge on any atom is -0.308 e. The van der Waals surface area contributed by atoms with Crippen molar-refractivity contribution in [3.05, 3.63) is 0 Å². The number of hydrogen-bond acceptors (Lipinski definition) is 1. The molecule has 0 aliphatic carbocycles. The zero-order valence-electron chi connectivity index (χ0n) is 5.56. The summed E-state index contributed by atoms with van der Waals surface area (Å²) in [5.41, 5.74) is 1.23. The van der Waals surface area contributed by atoms with Crippen molar-refractivity contribution in [3.8, 4) is 0 Å². The van der Waals surface area contributed by atoms with Gasteiger partial charge in [0, 0.05) is 13.8 Å². The third-order valence-corrected chi connectivity index (χ3v) is 1.45. The molecular formula is C6H12NO+. The van der Waals surface area contributed by atoms with E-state index in [0.717, 1.165) is 0 Å². The van der Waals surface area contributed by atoms with Crippen molar-refractivity contribution in [1.82, 2.24) is 0 Å². The Morgan fingerprint density at radius 2 is 2.12 bits per heavy atom. The first kappa shape index (κ1) is 5.76. The molecule has 0 fully saturated rings. The summed E-state index contributed by atoms with van der Waals surface area (Å²) in [5.74, 6) is 0. The van der Waals surface area contributed by atoms with Crippen molar-refractivity contribution in [3.63, 3.8) is 0 Å². The second kappa shape index (κ2) is 1.86. The molecule has 0 spiro atoms. The van der Waals surface area contributed by atoms with Crippen molar-refractivity contribution < 1.29 is 9.73 Å². The third kappa shape index (κ3) is 0.892. The van der Waals surface area contributed by atoms with Gasteiger partial charge in [0.05, 0.1) is 0 Å². The maximum atomic E-state index is 5.33. The van der Waals surface area contributed by atoms with Crippen LogP contribution in [0.25, 0.3) is 0 Å².